The highest BCUT2D eigenvalue weighted by atomic mass is 16.7. The van der Waals surface area contributed by atoms with Crippen LogP contribution in [0.1, 0.15) is 13.8 Å². The molecule has 0 aromatic carbocycles. The minimum absolute atomic E-state index is 0.569. The van der Waals surface area contributed by atoms with Gasteiger partial charge >= 0.3 is 11.9 Å². The maximum absolute atomic E-state index is 10.2. The number of nitrogens with zero attached hydrogens (tertiary/aromatic N) is 1. The zero-order chi connectivity index (χ0) is 9.56. The van der Waals surface area contributed by atoms with Crippen molar-refractivity contribution >= 4 is 17.9 Å². The molecule has 0 unspecified atom stereocenters. The van der Waals surface area contributed by atoms with Crippen LogP contribution in [0, 0.1) is 5.41 Å². The van der Waals surface area contributed by atoms with E-state index in [1.165, 1.54) is 0 Å². The van der Waals surface area contributed by atoms with Gasteiger partial charge in [-0.25, -0.2) is 4.79 Å². The summed E-state index contributed by atoms with van der Waals surface area (Å²) in [4.78, 5) is 28.5. The maximum atomic E-state index is 10.2. The molecule has 0 amide bonds. The Labute approximate surface area is 68.4 Å². The summed E-state index contributed by atoms with van der Waals surface area (Å²) < 4.78 is 0. The fourth-order valence-electron chi connectivity index (χ4n) is 0.249. The highest BCUT2D eigenvalue weighted by Gasteiger charge is 2.02. The summed E-state index contributed by atoms with van der Waals surface area (Å²) in [5.74, 6) is -1.86. The molecule has 0 aromatic rings. The van der Waals surface area contributed by atoms with Gasteiger partial charge in [0.15, 0.2) is 0 Å². The number of rotatable bonds is 0. The molecule has 0 aliphatic carbocycles. The van der Waals surface area contributed by atoms with E-state index in [0.29, 0.717) is 0 Å². The van der Waals surface area contributed by atoms with Gasteiger partial charge < -0.3 is 9.68 Å². The van der Waals surface area contributed by atoms with Crippen LogP contribution in [0.5, 0.6) is 0 Å². The van der Waals surface area contributed by atoms with E-state index in [9.17, 15) is 9.59 Å². The number of guanidine groups is 1. The third kappa shape index (κ3) is 6.33. The van der Waals surface area contributed by atoms with Gasteiger partial charge in [-0.3, -0.25) is 10.2 Å². The highest BCUT2D eigenvalue weighted by molar-refractivity contribution is 5.78. The lowest BCUT2D eigenvalue weighted by molar-refractivity contribution is -0.147. The monoisotopic (exact) mass is 174 g/mol. The molecule has 12 heavy (non-hydrogen) atoms. The lowest BCUT2D eigenvalue weighted by Crippen LogP contribution is -2.33. The van der Waals surface area contributed by atoms with E-state index in [1.54, 1.807) is 0 Å². The van der Waals surface area contributed by atoms with Gasteiger partial charge in [0, 0.05) is 13.8 Å². The number of nitrogens with one attached hydrogen (secondary N) is 2. The van der Waals surface area contributed by atoms with Crippen molar-refractivity contribution in [2.75, 3.05) is 0 Å². The molecule has 0 aliphatic heterocycles. The standard InChI is InChI=1S/C5H8N3O4/c1-3(9)11-7-5(6)8-12-4(2)10/h1-2H3,(H2,6,7). The van der Waals surface area contributed by atoms with Gasteiger partial charge in [0.2, 0.25) is 0 Å². The average molecular weight is 174 g/mol. The molecular formula is C5H8N3O4. The summed E-state index contributed by atoms with van der Waals surface area (Å²) in [7, 11) is 0. The highest BCUT2D eigenvalue weighted by Crippen LogP contribution is 1.73. The van der Waals surface area contributed by atoms with E-state index >= 15 is 0 Å². The van der Waals surface area contributed by atoms with Crippen LogP contribution in [0.25, 0.3) is 0 Å². The Bertz CT molecular complexity index is 183. The Balaban J connectivity index is 3.47. The van der Waals surface area contributed by atoms with Crippen molar-refractivity contribution in [1.29, 1.82) is 5.41 Å². The fourth-order valence-corrected chi connectivity index (χ4v) is 0.249. The molecule has 67 valence electrons. The van der Waals surface area contributed by atoms with Crippen LogP contribution in [-0.2, 0) is 19.3 Å². The molecule has 7 heteroatoms. The van der Waals surface area contributed by atoms with Crippen molar-refractivity contribution < 1.29 is 19.3 Å². The lowest BCUT2D eigenvalue weighted by atomic mass is 10.8. The Morgan fingerprint density at radius 3 is 2.33 bits per heavy atom. The number of carbonyl (C=O) groups is 2. The van der Waals surface area contributed by atoms with Crippen LogP contribution in [0.15, 0.2) is 0 Å². The number of hydroxylamine groups is 2. The quantitative estimate of drug-likeness (QED) is 0.280. The topological polar surface area (TPSA) is 103 Å². The Morgan fingerprint density at radius 1 is 1.33 bits per heavy atom. The van der Waals surface area contributed by atoms with Gasteiger partial charge in [-0.2, -0.15) is 5.48 Å². The van der Waals surface area contributed by atoms with Gasteiger partial charge in [-0.05, 0) is 5.48 Å². The molecule has 2 N–H and O–H groups in total. The molecule has 0 heterocycles. The van der Waals surface area contributed by atoms with Crippen molar-refractivity contribution in [2.45, 2.75) is 13.8 Å². The first kappa shape index (κ1) is 10.2. The van der Waals surface area contributed by atoms with E-state index in [2.05, 4.69) is 15.2 Å². The fraction of sp³-hybridized carbons (Fsp3) is 0.400. The molecule has 0 rings (SSSR count). The van der Waals surface area contributed by atoms with Crippen LogP contribution in [0.2, 0.25) is 0 Å². The molecule has 1 radical (unpaired) electrons. The molecule has 0 atom stereocenters. The van der Waals surface area contributed by atoms with Crippen LogP contribution in [0.3, 0.4) is 0 Å². The molecule has 0 aromatic heterocycles. The summed E-state index contributed by atoms with van der Waals surface area (Å²) in [6.07, 6.45) is 0. The van der Waals surface area contributed by atoms with Crippen LogP contribution >= 0.6 is 0 Å². The zero-order valence-electron chi connectivity index (χ0n) is 6.58. The largest absolute Gasteiger partial charge is 0.341 e. The summed E-state index contributed by atoms with van der Waals surface area (Å²) in [5.41, 5.74) is 4.77. The predicted molar refractivity (Wildman–Crippen MR) is 36.5 cm³/mol. The van der Waals surface area contributed by atoms with Crippen LogP contribution in [0.4, 0.5) is 0 Å². The van der Waals surface area contributed by atoms with Gasteiger partial charge in [0.25, 0.3) is 5.96 Å². The van der Waals surface area contributed by atoms with Crippen LogP contribution in [-0.4, -0.2) is 17.9 Å². The molecule has 7 nitrogen and oxygen atoms in total. The third-order valence-electron chi connectivity index (χ3n) is 0.557. The second kappa shape index (κ2) is 4.94. The van der Waals surface area contributed by atoms with Crippen LogP contribution < -0.4 is 11.0 Å². The predicted octanol–water partition coefficient (Wildman–Crippen LogP) is -0.929. The molecule has 0 spiro atoms. The van der Waals surface area contributed by atoms with E-state index in [1.807, 2.05) is 5.48 Å². The number of carbonyl (C=O) groups excluding carboxylic acids is 2. The van der Waals surface area contributed by atoms with Gasteiger partial charge in [-0.15, -0.1) is 0 Å². The first-order valence-corrected chi connectivity index (χ1v) is 2.93. The SMILES string of the molecule is CC(=O)O[N]C(=N)NOC(C)=O. The summed E-state index contributed by atoms with van der Waals surface area (Å²) in [5, 5.41) is 6.84. The molecule has 0 fully saturated rings. The summed E-state index contributed by atoms with van der Waals surface area (Å²) in [6, 6.07) is 0. The zero-order valence-corrected chi connectivity index (χ0v) is 6.58. The molecule has 0 saturated carbocycles. The first-order valence-electron chi connectivity index (χ1n) is 2.93. The van der Waals surface area contributed by atoms with Crippen molar-refractivity contribution in [1.82, 2.24) is 11.0 Å². The second-order valence-electron chi connectivity index (χ2n) is 1.72. The second-order valence-corrected chi connectivity index (χ2v) is 1.72. The van der Waals surface area contributed by atoms with E-state index in [-0.39, 0.29) is 0 Å². The van der Waals surface area contributed by atoms with Gasteiger partial charge in [0.1, 0.15) is 0 Å². The smallest absolute Gasteiger partial charge is 0.332 e. The first-order chi connectivity index (χ1) is 5.52. The third-order valence-corrected chi connectivity index (χ3v) is 0.557. The summed E-state index contributed by atoms with van der Waals surface area (Å²) >= 11 is 0. The number of hydrogen-bond donors (Lipinski definition) is 2. The van der Waals surface area contributed by atoms with E-state index < -0.39 is 17.9 Å². The van der Waals surface area contributed by atoms with Crippen molar-refractivity contribution in [3.63, 3.8) is 0 Å². The number of hydrogen-bond acceptors (Lipinski definition) is 5. The molecule has 0 aliphatic rings. The minimum Gasteiger partial charge on any atom is -0.341 e. The average Bonchev–Trinajstić information content (AvgIpc) is 1.96. The molecule has 0 saturated heterocycles. The van der Waals surface area contributed by atoms with Gasteiger partial charge in [-0.1, -0.05) is 0 Å². The summed E-state index contributed by atoms with van der Waals surface area (Å²) in [6.45, 7) is 2.27. The maximum Gasteiger partial charge on any atom is 0.332 e. The lowest BCUT2D eigenvalue weighted by Gasteiger charge is -2.03. The molecular weight excluding hydrogens is 166 g/mol. The Hall–Kier alpha value is -1.79. The van der Waals surface area contributed by atoms with Gasteiger partial charge in [0.05, 0.1) is 0 Å². The Morgan fingerprint density at radius 2 is 1.92 bits per heavy atom. The Kier molecular flexibility index (Phi) is 4.20. The normalized spacial score (nSPS) is 8.17. The van der Waals surface area contributed by atoms with Crippen molar-refractivity contribution in [3.05, 3.63) is 0 Å². The van der Waals surface area contributed by atoms with E-state index in [0.717, 1.165) is 13.8 Å². The van der Waals surface area contributed by atoms with Crippen molar-refractivity contribution in [3.8, 4) is 0 Å². The minimum atomic E-state index is -0.663. The van der Waals surface area contributed by atoms with Crippen molar-refractivity contribution in [2.24, 2.45) is 0 Å². The van der Waals surface area contributed by atoms with E-state index in [4.69, 9.17) is 5.41 Å². The molecule has 0 bridgehead atoms.